The Hall–Kier alpha value is -2.00. The van der Waals surface area contributed by atoms with Crippen LogP contribution in [0.15, 0.2) is 54.6 Å². The highest BCUT2D eigenvalue weighted by Crippen LogP contribution is 2.19. The zero-order chi connectivity index (χ0) is 14.2. The number of rotatable bonds is 7. The van der Waals surface area contributed by atoms with Crippen LogP contribution in [0.4, 0.5) is 0 Å². The Morgan fingerprint density at radius 1 is 0.850 bits per heavy atom. The van der Waals surface area contributed by atoms with Crippen LogP contribution < -0.4 is 9.47 Å². The molecule has 0 aliphatic heterocycles. The largest absolute Gasteiger partial charge is 0.490 e. The van der Waals surface area contributed by atoms with E-state index < -0.39 is 6.10 Å². The molecule has 0 spiro atoms. The molecular weight excluding hydrogens is 252 g/mol. The maximum absolute atomic E-state index is 9.70. The quantitative estimate of drug-likeness (QED) is 0.783. The molecule has 0 saturated heterocycles. The molecule has 1 atom stereocenters. The smallest absolute Gasteiger partial charge is 0.122 e. The van der Waals surface area contributed by atoms with Crippen molar-refractivity contribution in [1.29, 1.82) is 0 Å². The first-order valence-electron chi connectivity index (χ1n) is 6.88. The van der Waals surface area contributed by atoms with E-state index in [0.29, 0.717) is 19.6 Å². The molecule has 0 saturated carbocycles. The van der Waals surface area contributed by atoms with Crippen molar-refractivity contribution >= 4 is 0 Å². The summed E-state index contributed by atoms with van der Waals surface area (Å²) in [6.07, 6.45) is 0.316. The number of aliphatic hydroxyl groups excluding tert-OH is 1. The number of aliphatic hydroxyl groups is 1. The van der Waals surface area contributed by atoms with Gasteiger partial charge in [-0.3, -0.25) is 0 Å². The molecule has 0 bridgehead atoms. The van der Waals surface area contributed by atoms with E-state index in [0.717, 1.165) is 17.1 Å². The monoisotopic (exact) mass is 272 g/mol. The predicted octanol–water partition coefficient (Wildman–Crippen LogP) is 3.59. The van der Waals surface area contributed by atoms with Crippen LogP contribution in [-0.2, 0) is 0 Å². The van der Waals surface area contributed by atoms with Gasteiger partial charge in [0.2, 0.25) is 0 Å². The van der Waals surface area contributed by atoms with Gasteiger partial charge >= 0.3 is 0 Å². The number of hydrogen-bond donors (Lipinski definition) is 1. The van der Waals surface area contributed by atoms with Gasteiger partial charge in [0.25, 0.3) is 0 Å². The summed E-state index contributed by atoms with van der Waals surface area (Å²) in [5.41, 5.74) is 0.917. The molecule has 0 amide bonds. The molecule has 0 radical (unpaired) electrons. The summed E-state index contributed by atoms with van der Waals surface area (Å²) in [5.74, 6) is 1.63. The molecule has 20 heavy (non-hydrogen) atoms. The van der Waals surface area contributed by atoms with E-state index in [1.165, 1.54) is 0 Å². The third-order valence-electron chi connectivity index (χ3n) is 3.02. The first kappa shape index (κ1) is 14.4. The van der Waals surface area contributed by atoms with E-state index >= 15 is 0 Å². The SMILES string of the molecule is CCC(O)c1ccc(OCCOc2ccccc2)cc1. The van der Waals surface area contributed by atoms with E-state index in [1.807, 2.05) is 61.5 Å². The van der Waals surface area contributed by atoms with Gasteiger partial charge in [0.05, 0.1) is 6.10 Å². The van der Waals surface area contributed by atoms with E-state index in [4.69, 9.17) is 9.47 Å². The molecule has 0 heterocycles. The predicted molar refractivity (Wildman–Crippen MR) is 79.1 cm³/mol. The second-order valence-corrected chi connectivity index (χ2v) is 4.50. The zero-order valence-corrected chi connectivity index (χ0v) is 11.7. The molecule has 2 aromatic carbocycles. The lowest BCUT2D eigenvalue weighted by molar-refractivity contribution is 0.173. The first-order valence-corrected chi connectivity index (χ1v) is 6.88. The maximum Gasteiger partial charge on any atom is 0.122 e. The fourth-order valence-corrected chi connectivity index (χ4v) is 1.86. The Morgan fingerprint density at radius 2 is 1.40 bits per heavy atom. The zero-order valence-electron chi connectivity index (χ0n) is 11.7. The third-order valence-corrected chi connectivity index (χ3v) is 3.02. The summed E-state index contributed by atoms with van der Waals surface area (Å²) in [7, 11) is 0. The van der Waals surface area contributed by atoms with Gasteiger partial charge in [-0.15, -0.1) is 0 Å². The van der Waals surface area contributed by atoms with Crippen molar-refractivity contribution in [2.75, 3.05) is 13.2 Å². The van der Waals surface area contributed by atoms with Crippen molar-refractivity contribution in [2.24, 2.45) is 0 Å². The normalized spacial score (nSPS) is 11.9. The Morgan fingerprint density at radius 3 is 1.95 bits per heavy atom. The van der Waals surface area contributed by atoms with Crippen LogP contribution in [0.2, 0.25) is 0 Å². The van der Waals surface area contributed by atoms with Crippen molar-refractivity contribution < 1.29 is 14.6 Å². The summed E-state index contributed by atoms with van der Waals surface area (Å²) in [6.45, 7) is 2.95. The average molecular weight is 272 g/mol. The van der Waals surface area contributed by atoms with Gasteiger partial charge in [-0.2, -0.15) is 0 Å². The van der Waals surface area contributed by atoms with Crippen LogP contribution in [0.3, 0.4) is 0 Å². The minimum Gasteiger partial charge on any atom is -0.490 e. The molecule has 0 aliphatic carbocycles. The van der Waals surface area contributed by atoms with Gasteiger partial charge in [0, 0.05) is 0 Å². The molecule has 2 rings (SSSR count). The first-order chi connectivity index (χ1) is 9.79. The fourth-order valence-electron chi connectivity index (χ4n) is 1.86. The van der Waals surface area contributed by atoms with Crippen molar-refractivity contribution in [3.05, 3.63) is 60.2 Å². The Bertz CT molecular complexity index is 493. The van der Waals surface area contributed by atoms with Crippen LogP contribution in [0.25, 0.3) is 0 Å². The van der Waals surface area contributed by atoms with Crippen LogP contribution in [0.1, 0.15) is 25.0 Å². The fraction of sp³-hybridized carbons (Fsp3) is 0.294. The summed E-state index contributed by atoms with van der Waals surface area (Å²) in [5, 5.41) is 9.70. The topological polar surface area (TPSA) is 38.7 Å². The lowest BCUT2D eigenvalue weighted by Crippen LogP contribution is -2.09. The summed E-state index contributed by atoms with van der Waals surface area (Å²) >= 11 is 0. The molecule has 3 heteroatoms. The Balaban J connectivity index is 1.74. The standard InChI is InChI=1S/C17H20O3/c1-2-17(18)14-8-10-16(11-9-14)20-13-12-19-15-6-4-3-5-7-15/h3-11,17-18H,2,12-13H2,1H3. The number of hydrogen-bond acceptors (Lipinski definition) is 3. The molecule has 1 unspecified atom stereocenters. The molecule has 106 valence electrons. The lowest BCUT2D eigenvalue weighted by Gasteiger charge is -2.10. The van der Waals surface area contributed by atoms with Gasteiger partial charge < -0.3 is 14.6 Å². The summed E-state index contributed by atoms with van der Waals surface area (Å²) < 4.78 is 11.1. The third kappa shape index (κ3) is 4.28. The summed E-state index contributed by atoms with van der Waals surface area (Å²) in [4.78, 5) is 0. The number of para-hydroxylation sites is 1. The molecule has 0 fully saturated rings. The second-order valence-electron chi connectivity index (χ2n) is 4.50. The molecule has 0 aromatic heterocycles. The lowest BCUT2D eigenvalue weighted by atomic mass is 10.1. The van der Waals surface area contributed by atoms with Crippen LogP contribution in [0.5, 0.6) is 11.5 Å². The van der Waals surface area contributed by atoms with Gasteiger partial charge in [-0.05, 0) is 36.2 Å². The number of benzene rings is 2. The average Bonchev–Trinajstić information content (AvgIpc) is 2.52. The minimum absolute atomic E-state index is 0.398. The highest BCUT2D eigenvalue weighted by molar-refractivity contribution is 5.28. The number of ether oxygens (including phenoxy) is 2. The molecular formula is C17H20O3. The van der Waals surface area contributed by atoms with E-state index in [-0.39, 0.29) is 0 Å². The highest BCUT2D eigenvalue weighted by Gasteiger charge is 2.04. The van der Waals surface area contributed by atoms with Crippen molar-refractivity contribution in [3.8, 4) is 11.5 Å². The molecule has 1 N–H and O–H groups in total. The Labute approximate surface area is 119 Å². The summed E-state index contributed by atoms with van der Waals surface area (Å²) in [6, 6.07) is 17.2. The van der Waals surface area contributed by atoms with Crippen LogP contribution in [0, 0.1) is 0 Å². The second kappa shape index (κ2) is 7.56. The minimum atomic E-state index is -0.398. The Kier molecular flexibility index (Phi) is 5.44. The van der Waals surface area contributed by atoms with E-state index in [9.17, 15) is 5.11 Å². The van der Waals surface area contributed by atoms with E-state index in [2.05, 4.69) is 0 Å². The van der Waals surface area contributed by atoms with Gasteiger partial charge in [-0.25, -0.2) is 0 Å². The van der Waals surface area contributed by atoms with E-state index in [1.54, 1.807) is 0 Å². The molecule has 3 nitrogen and oxygen atoms in total. The van der Waals surface area contributed by atoms with Crippen LogP contribution >= 0.6 is 0 Å². The van der Waals surface area contributed by atoms with Gasteiger partial charge in [-0.1, -0.05) is 37.3 Å². The van der Waals surface area contributed by atoms with Crippen molar-refractivity contribution in [2.45, 2.75) is 19.4 Å². The molecule has 2 aromatic rings. The van der Waals surface area contributed by atoms with Crippen molar-refractivity contribution in [1.82, 2.24) is 0 Å². The van der Waals surface area contributed by atoms with Gasteiger partial charge in [0.1, 0.15) is 24.7 Å². The maximum atomic E-state index is 9.70. The van der Waals surface area contributed by atoms with Crippen molar-refractivity contribution in [3.63, 3.8) is 0 Å². The van der Waals surface area contributed by atoms with Crippen LogP contribution in [-0.4, -0.2) is 18.3 Å². The van der Waals surface area contributed by atoms with Gasteiger partial charge in [0.15, 0.2) is 0 Å². The highest BCUT2D eigenvalue weighted by atomic mass is 16.5. The molecule has 0 aliphatic rings.